The number of hydrogen-bond acceptors (Lipinski definition) is 3. The second-order valence-electron chi connectivity index (χ2n) is 6.76. The van der Waals surface area contributed by atoms with Crippen molar-refractivity contribution in [1.29, 1.82) is 0 Å². The summed E-state index contributed by atoms with van der Waals surface area (Å²) in [4.78, 5) is 5.39. The van der Waals surface area contributed by atoms with Gasteiger partial charge in [0, 0.05) is 37.4 Å². The van der Waals surface area contributed by atoms with Crippen LogP contribution in [0.3, 0.4) is 0 Å². The molecule has 0 saturated carbocycles. The summed E-state index contributed by atoms with van der Waals surface area (Å²) in [6, 6.07) is 20.2. The van der Waals surface area contributed by atoms with Crippen LogP contribution in [-0.4, -0.2) is 36.1 Å². The lowest BCUT2D eigenvalue weighted by Gasteiger charge is -2.37. The van der Waals surface area contributed by atoms with Crippen LogP contribution in [0.1, 0.15) is 11.3 Å². The minimum atomic E-state index is 0.677. The minimum absolute atomic E-state index is 0.677. The molecule has 27 heavy (non-hydrogen) atoms. The first kappa shape index (κ1) is 18.1. The Morgan fingerprint density at radius 3 is 2.48 bits per heavy atom. The normalized spacial score (nSPS) is 14.4. The summed E-state index contributed by atoms with van der Waals surface area (Å²) >= 11 is 12.0. The molecule has 0 amide bonds. The molecule has 0 atom stereocenters. The number of benzene rings is 2. The van der Waals surface area contributed by atoms with Gasteiger partial charge in [-0.25, -0.2) is 0 Å². The third kappa shape index (κ3) is 3.87. The average Bonchev–Trinajstić information content (AvgIpc) is 3.18. The molecule has 1 aliphatic heterocycles. The van der Waals surface area contributed by atoms with Gasteiger partial charge in [0.15, 0.2) is 5.76 Å². The van der Waals surface area contributed by atoms with Crippen LogP contribution in [-0.2, 0) is 0 Å². The summed E-state index contributed by atoms with van der Waals surface area (Å²) in [6.07, 6.45) is 0. The van der Waals surface area contributed by atoms with Crippen molar-refractivity contribution in [3.05, 3.63) is 77.0 Å². The molecular formula is C22H21ClN2OS. The Morgan fingerprint density at radius 2 is 1.74 bits per heavy atom. The lowest BCUT2D eigenvalue weighted by atomic mass is 10.2. The van der Waals surface area contributed by atoms with E-state index in [0.717, 1.165) is 48.3 Å². The molecule has 0 N–H and O–H groups in total. The van der Waals surface area contributed by atoms with Crippen LogP contribution in [0, 0.1) is 6.92 Å². The molecule has 2 heterocycles. The van der Waals surface area contributed by atoms with Crippen LogP contribution in [0.2, 0.25) is 5.02 Å². The van der Waals surface area contributed by atoms with Crippen LogP contribution in [0.5, 0.6) is 0 Å². The average molecular weight is 397 g/mol. The maximum absolute atomic E-state index is 6.27. The van der Waals surface area contributed by atoms with E-state index in [4.69, 9.17) is 28.2 Å². The second-order valence-corrected chi connectivity index (χ2v) is 7.56. The van der Waals surface area contributed by atoms with Gasteiger partial charge in [0.25, 0.3) is 0 Å². The number of halogens is 1. The molecule has 4 rings (SSSR count). The Hall–Kier alpha value is -2.30. The van der Waals surface area contributed by atoms with E-state index in [1.54, 1.807) is 0 Å². The summed E-state index contributed by atoms with van der Waals surface area (Å²) in [5.74, 6) is 1.47. The Labute approximate surface area is 170 Å². The molecule has 0 unspecified atom stereocenters. The molecule has 1 fully saturated rings. The highest BCUT2D eigenvalue weighted by Gasteiger charge is 2.22. The first-order chi connectivity index (χ1) is 13.1. The van der Waals surface area contributed by atoms with Crippen molar-refractivity contribution in [2.75, 3.05) is 31.1 Å². The molecule has 1 aliphatic rings. The van der Waals surface area contributed by atoms with E-state index in [-0.39, 0.29) is 0 Å². The van der Waals surface area contributed by atoms with E-state index in [2.05, 4.69) is 41.0 Å². The van der Waals surface area contributed by atoms with E-state index in [0.29, 0.717) is 5.02 Å². The molecule has 1 saturated heterocycles. The SMILES string of the molecule is Cc1cccc(N2CCN(C(=S)c3ccc(-c4ccccc4Cl)o3)CC2)c1. The second kappa shape index (κ2) is 7.75. The smallest absolute Gasteiger partial charge is 0.162 e. The van der Waals surface area contributed by atoms with Crippen LogP contribution in [0.15, 0.2) is 65.1 Å². The van der Waals surface area contributed by atoms with Gasteiger partial charge in [-0.1, -0.05) is 48.1 Å². The number of piperazine rings is 1. The zero-order valence-corrected chi connectivity index (χ0v) is 16.8. The summed E-state index contributed by atoms with van der Waals surface area (Å²) in [5.41, 5.74) is 3.45. The zero-order chi connectivity index (χ0) is 18.8. The first-order valence-electron chi connectivity index (χ1n) is 9.07. The molecule has 0 bridgehead atoms. The fraction of sp³-hybridized carbons (Fsp3) is 0.227. The van der Waals surface area contributed by atoms with Crippen molar-refractivity contribution >= 4 is 34.5 Å². The Morgan fingerprint density at radius 1 is 0.963 bits per heavy atom. The Bertz CT molecular complexity index is 960. The number of furan rings is 1. The summed E-state index contributed by atoms with van der Waals surface area (Å²) in [5, 5.41) is 0.677. The molecule has 5 heteroatoms. The summed E-state index contributed by atoms with van der Waals surface area (Å²) in [6.45, 7) is 5.79. The molecule has 0 radical (unpaired) electrons. The van der Waals surface area contributed by atoms with Gasteiger partial charge in [-0.2, -0.15) is 0 Å². The van der Waals surface area contributed by atoms with E-state index in [9.17, 15) is 0 Å². The number of nitrogens with zero attached hydrogens (tertiary/aromatic N) is 2. The molecule has 3 aromatic rings. The van der Waals surface area contributed by atoms with Crippen LogP contribution in [0.25, 0.3) is 11.3 Å². The van der Waals surface area contributed by atoms with E-state index < -0.39 is 0 Å². The van der Waals surface area contributed by atoms with Gasteiger partial charge in [0.1, 0.15) is 10.7 Å². The fourth-order valence-electron chi connectivity index (χ4n) is 3.41. The zero-order valence-electron chi connectivity index (χ0n) is 15.2. The lowest BCUT2D eigenvalue weighted by molar-refractivity contribution is 0.385. The maximum atomic E-state index is 6.27. The standard InChI is InChI=1S/C22H21ClN2OS/c1-16-5-4-6-17(15-16)24-11-13-25(14-12-24)22(27)21-10-9-20(26-21)18-7-2-3-8-19(18)23/h2-10,15H,11-14H2,1H3. The Balaban J connectivity index is 1.43. The predicted molar refractivity (Wildman–Crippen MR) is 116 cm³/mol. The number of hydrogen-bond donors (Lipinski definition) is 0. The third-order valence-corrected chi connectivity index (χ3v) is 5.68. The first-order valence-corrected chi connectivity index (χ1v) is 9.86. The van der Waals surface area contributed by atoms with Gasteiger partial charge in [-0.05, 0) is 48.9 Å². The highest BCUT2D eigenvalue weighted by molar-refractivity contribution is 7.80. The van der Waals surface area contributed by atoms with Crippen molar-refractivity contribution in [2.45, 2.75) is 6.92 Å². The van der Waals surface area contributed by atoms with Crippen LogP contribution >= 0.6 is 23.8 Å². The van der Waals surface area contributed by atoms with Gasteiger partial charge in [0.2, 0.25) is 0 Å². The number of rotatable bonds is 3. The van der Waals surface area contributed by atoms with Gasteiger partial charge in [-0.15, -0.1) is 0 Å². The van der Waals surface area contributed by atoms with E-state index in [1.165, 1.54) is 11.3 Å². The van der Waals surface area contributed by atoms with Crippen molar-refractivity contribution in [3.8, 4) is 11.3 Å². The number of anilines is 1. The molecule has 1 aromatic heterocycles. The van der Waals surface area contributed by atoms with Gasteiger partial charge in [-0.3, -0.25) is 0 Å². The number of thiocarbonyl (C=S) groups is 1. The van der Waals surface area contributed by atoms with E-state index in [1.807, 2.05) is 36.4 Å². The molecule has 3 nitrogen and oxygen atoms in total. The molecule has 0 spiro atoms. The summed E-state index contributed by atoms with van der Waals surface area (Å²) in [7, 11) is 0. The highest BCUT2D eigenvalue weighted by atomic mass is 35.5. The van der Waals surface area contributed by atoms with Crippen LogP contribution < -0.4 is 4.90 Å². The molecule has 0 aliphatic carbocycles. The fourth-order valence-corrected chi connectivity index (χ4v) is 3.93. The molecular weight excluding hydrogens is 376 g/mol. The highest BCUT2D eigenvalue weighted by Crippen LogP contribution is 2.29. The van der Waals surface area contributed by atoms with Crippen molar-refractivity contribution in [3.63, 3.8) is 0 Å². The third-order valence-electron chi connectivity index (χ3n) is 4.89. The van der Waals surface area contributed by atoms with Crippen molar-refractivity contribution in [1.82, 2.24) is 4.90 Å². The number of aryl methyl sites for hydroxylation is 1. The minimum Gasteiger partial charge on any atom is -0.454 e. The van der Waals surface area contributed by atoms with Gasteiger partial charge >= 0.3 is 0 Å². The monoisotopic (exact) mass is 396 g/mol. The van der Waals surface area contributed by atoms with E-state index >= 15 is 0 Å². The molecule has 138 valence electrons. The quantitative estimate of drug-likeness (QED) is 0.551. The maximum Gasteiger partial charge on any atom is 0.162 e. The molecule has 2 aromatic carbocycles. The van der Waals surface area contributed by atoms with Crippen LogP contribution in [0.4, 0.5) is 5.69 Å². The van der Waals surface area contributed by atoms with Crippen molar-refractivity contribution < 1.29 is 4.42 Å². The van der Waals surface area contributed by atoms with Gasteiger partial charge < -0.3 is 14.2 Å². The van der Waals surface area contributed by atoms with Gasteiger partial charge in [0.05, 0.1) is 5.02 Å². The van der Waals surface area contributed by atoms with Crippen molar-refractivity contribution in [2.24, 2.45) is 0 Å². The Kier molecular flexibility index (Phi) is 5.19. The largest absolute Gasteiger partial charge is 0.454 e. The predicted octanol–water partition coefficient (Wildman–Crippen LogP) is 5.41. The summed E-state index contributed by atoms with van der Waals surface area (Å²) < 4.78 is 6.01. The topological polar surface area (TPSA) is 19.6 Å². The lowest BCUT2D eigenvalue weighted by Crippen LogP contribution is -2.48.